The van der Waals surface area contributed by atoms with E-state index in [1.54, 1.807) is 4.68 Å². The standard InChI is InChI=1S/C25H36N2O9/c1-13(2)27-15(5)18(11-16-7-9-17(10-8-16)33-14(3)4)23(26-27)36-24-22(35-25(31)32-6)21(30)20(29)19(12-28)34-24/h7-10,13-14,19-22,24,28-30H,11-12H2,1-6H3/t19-,20-,21+,22-,24+/m1/s1. The van der Waals surface area contributed by atoms with Gasteiger partial charge in [0.1, 0.15) is 24.1 Å². The van der Waals surface area contributed by atoms with Crippen LogP contribution in [0, 0.1) is 6.92 Å². The lowest BCUT2D eigenvalue weighted by Crippen LogP contribution is -2.61. The Morgan fingerprint density at radius 1 is 1.14 bits per heavy atom. The van der Waals surface area contributed by atoms with E-state index in [4.69, 9.17) is 18.9 Å². The normalized spacial score (nSPS) is 24.1. The third kappa shape index (κ3) is 6.28. The highest BCUT2D eigenvalue weighted by Crippen LogP contribution is 2.32. The van der Waals surface area contributed by atoms with Gasteiger partial charge in [0.15, 0.2) is 6.10 Å². The number of carbonyl (C=O) groups is 1. The molecule has 5 atom stereocenters. The van der Waals surface area contributed by atoms with Gasteiger partial charge in [-0.2, -0.15) is 0 Å². The van der Waals surface area contributed by atoms with Crippen molar-refractivity contribution in [3.63, 3.8) is 0 Å². The fraction of sp³-hybridized carbons (Fsp3) is 0.600. The molecule has 0 aliphatic carbocycles. The lowest BCUT2D eigenvalue weighted by atomic mass is 9.99. The fourth-order valence-corrected chi connectivity index (χ4v) is 4.04. The summed E-state index contributed by atoms with van der Waals surface area (Å²) in [7, 11) is 1.12. The molecule has 0 unspecified atom stereocenters. The summed E-state index contributed by atoms with van der Waals surface area (Å²) < 4.78 is 28.9. The average Bonchev–Trinajstić information content (AvgIpc) is 3.14. The Kier molecular flexibility index (Phi) is 9.18. The van der Waals surface area contributed by atoms with Crippen LogP contribution in [0.5, 0.6) is 11.6 Å². The van der Waals surface area contributed by atoms with E-state index in [2.05, 4.69) is 9.84 Å². The molecular formula is C25H36N2O9. The summed E-state index contributed by atoms with van der Waals surface area (Å²) in [6.07, 6.45) is -7.60. The van der Waals surface area contributed by atoms with Crippen LogP contribution in [0.2, 0.25) is 0 Å². The number of aliphatic hydroxyl groups excluding tert-OH is 3. The van der Waals surface area contributed by atoms with Crippen LogP contribution in [0.4, 0.5) is 4.79 Å². The quantitative estimate of drug-likeness (QED) is 0.431. The molecule has 3 rings (SSSR count). The first-order valence-electron chi connectivity index (χ1n) is 11.9. The highest BCUT2D eigenvalue weighted by atomic mass is 16.8. The zero-order chi connectivity index (χ0) is 26.6. The molecule has 11 heteroatoms. The van der Waals surface area contributed by atoms with Crippen molar-refractivity contribution in [2.45, 2.75) is 83.9 Å². The average molecular weight is 509 g/mol. The van der Waals surface area contributed by atoms with Gasteiger partial charge in [-0.3, -0.25) is 4.68 Å². The molecule has 11 nitrogen and oxygen atoms in total. The largest absolute Gasteiger partial charge is 0.508 e. The van der Waals surface area contributed by atoms with E-state index in [0.717, 1.165) is 29.7 Å². The molecule has 0 saturated carbocycles. The number of carbonyl (C=O) groups excluding carboxylic acids is 1. The van der Waals surface area contributed by atoms with Gasteiger partial charge >= 0.3 is 6.16 Å². The molecule has 0 amide bonds. The summed E-state index contributed by atoms with van der Waals surface area (Å²) >= 11 is 0. The van der Waals surface area contributed by atoms with E-state index in [0.29, 0.717) is 6.42 Å². The Labute approximate surface area is 210 Å². The van der Waals surface area contributed by atoms with E-state index in [9.17, 15) is 20.1 Å². The van der Waals surface area contributed by atoms with Gasteiger partial charge in [-0.15, -0.1) is 5.10 Å². The molecule has 0 radical (unpaired) electrons. The van der Waals surface area contributed by atoms with E-state index < -0.39 is 43.5 Å². The van der Waals surface area contributed by atoms with Crippen LogP contribution in [-0.4, -0.2) is 81.8 Å². The molecule has 2 aromatic rings. The second kappa shape index (κ2) is 11.9. The van der Waals surface area contributed by atoms with E-state index >= 15 is 0 Å². The monoisotopic (exact) mass is 508 g/mol. The SMILES string of the molecule is COC(=O)O[C@H]1[C@H](Oc2nn(C(C)C)c(C)c2Cc2ccc(OC(C)C)cc2)O[C@H](CO)[C@@H](O)[C@@H]1O. The Bertz CT molecular complexity index is 1010. The van der Waals surface area contributed by atoms with Crippen LogP contribution in [0.1, 0.15) is 50.6 Å². The maximum Gasteiger partial charge on any atom is 0.508 e. The molecule has 1 saturated heterocycles. The van der Waals surface area contributed by atoms with E-state index in [1.807, 2.05) is 58.9 Å². The Morgan fingerprint density at radius 3 is 2.36 bits per heavy atom. The molecular weight excluding hydrogens is 472 g/mol. The molecule has 1 aliphatic rings. The summed E-state index contributed by atoms with van der Waals surface area (Å²) in [6.45, 7) is 9.22. The van der Waals surface area contributed by atoms with Crippen molar-refractivity contribution in [3.05, 3.63) is 41.1 Å². The lowest BCUT2D eigenvalue weighted by Gasteiger charge is -2.40. The first-order valence-corrected chi connectivity index (χ1v) is 11.9. The zero-order valence-corrected chi connectivity index (χ0v) is 21.5. The van der Waals surface area contributed by atoms with Gasteiger partial charge in [-0.25, -0.2) is 4.79 Å². The number of ether oxygens (including phenoxy) is 5. The number of benzene rings is 1. The number of rotatable bonds is 9. The molecule has 1 aromatic heterocycles. The van der Waals surface area contributed by atoms with Crippen molar-refractivity contribution in [2.75, 3.05) is 13.7 Å². The smallest absolute Gasteiger partial charge is 0.491 e. The maximum absolute atomic E-state index is 11.8. The minimum Gasteiger partial charge on any atom is -0.491 e. The van der Waals surface area contributed by atoms with Crippen LogP contribution in [0.15, 0.2) is 24.3 Å². The number of aliphatic hydroxyl groups is 3. The van der Waals surface area contributed by atoms with Crippen molar-refractivity contribution in [1.82, 2.24) is 9.78 Å². The number of aromatic nitrogens is 2. The molecule has 200 valence electrons. The number of methoxy groups -OCH3 is 1. The minimum atomic E-state index is -1.59. The highest BCUT2D eigenvalue weighted by Gasteiger charge is 2.48. The van der Waals surface area contributed by atoms with E-state index in [-0.39, 0.29) is 18.0 Å². The van der Waals surface area contributed by atoms with Crippen LogP contribution >= 0.6 is 0 Å². The molecule has 3 N–H and O–H groups in total. The maximum atomic E-state index is 11.8. The van der Waals surface area contributed by atoms with Crippen molar-refractivity contribution >= 4 is 6.16 Å². The summed E-state index contributed by atoms with van der Waals surface area (Å²) in [5, 5.41) is 35.1. The Balaban J connectivity index is 1.93. The molecule has 36 heavy (non-hydrogen) atoms. The molecule has 1 fully saturated rings. The summed E-state index contributed by atoms with van der Waals surface area (Å²) in [6, 6.07) is 7.72. The predicted octanol–water partition coefficient (Wildman–Crippen LogP) is 2.12. The molecule has 1 aromatic carbocycles. The van der Waals surface area contributed by atoms with Gasteiger partial charge in [0, 0.05) is 23.7 Å². The van der Waals surface area contributed by atoms with Gasteiger partial charge in [0.05, 0.1) is 19.8 Å². The van der Waals surface area contributed by atoms with Gasteiger partial charge < -0.3 is 39.0 Å². The van der Waals surface area contributed by atoms with Crippen LogP contribution in [0.3, 0.4) is 0 Å². The third-order valence-electron chi connectivity index (χ3n) is 5.85. The predicted molar refractivity (Wildman–Crippen MR) is 128 cm³/mol. The van der Waals surface area contributed by atoms with Gasteiger partial charge in [0.25, 0.3) is 0 Å². The highest BCUT2D eigenvalue weighted by molar-refractivity contribution is 5.60. The Morgan fingerprint density at radius 2 is 1.81 bits per heavy atom. The third-order valence-corrected chi connectivity index (χ3v) is 5.85. The summed E-state index contributed by atoms with van der Waals surface area (Å²) in [5.74, 6) is 0.980. The van der Waals surface area contributed by atoms with Gasteiger partial charge in [-0.05, 0) is 52.3 Å². The minimum absolute atomic E-state index is 0.0231. The van der Waals surface area contributed by atoms with Crippen molar-refractivity contribution < 1.29 is 43.8 Å². The number of hydrogen-bond donors (Lipinski definition) is 3. The Hall–Kier alpha value is -2.86. The van der Waals surface area contributed by atoms with Crippen molar-refractivity contribution in [2.24, 2.45) is 0 Å². The van der Waals surface area contributed by atoms with Crippen molar-refractivity contribution in [3.8, 4) is 11.6 Å². The molecule has 0 bridgehead atoms. The number of nitrogens with zero attached hydrogens (tertiary/aromatic N) is 2. The topological polar surface area (TPSA) is 142 Å². The zero-order valence-electron chi connectivity index (χ0n) is 21.5. The van der Waals surface area contributed by atoms with Gasteiger partial charge in [0.2, 0.25) is 12.2 Å². The first-order chi connectivity index (χ1) is 17.0. The number of hydrogen-bond acceptors (Lipinski definition) is 10. The van der Waals surface area contributed by atoms with Gasteiger partial charge in [-0.1, -0.05) is 12.1 Å². The first kappa shape index (κ1) is 27.7. The fourth-order valence-electron chi connectivity index (χ4n) is 4.04. The van der Waals surface area contributed by atoms with E-state index in [1.165, 1.54) is 0 Å². The molecule has 2 heterocycles. The van der Waals surface area contributed by atoms with Crippen molar-refractivity contribution in [1.29, 1.82) is 0 Å². The van der Waals surface area contributed by atoms with Crippen LogP contribution < -0.4 is 9.47 Å². The molecule has 0 spiro atoms. The summed E-state index contributed by atoms with van der Waals surface area (Å²) in [5.41, 5.74) is 2.61. The summed E-state index contributed by atoms with van der Waals surface area (Å²) in [4.78, 5) is 11.8. The second-order valence-corrected chi connectivity index (χ2v) is 9.26. The lowest BCUT2D eigenvalue weighted by molar-refractivity contribution is -0.279. The van der Waals surface area contributed by atoms with Crippen LogP contribution in [0.25, 0.3) is 0 Å². The molecule has 1 aliphatic heterocycles. The second-order valence-electron chi connectivity index (χ2n) is 9.26. The van der Waals surface area contributed by atoms with Crippen LogP contribution in [-0.2, 0) is 20.6 Å².